The Bertz CT molecular complexity index is 1030. The van der Waals surface area contributed by atoms with E-state index in [1.54, 1.807) is 6.07 Å². The molecule has 0 aliphatic rings. The number of carbonyl (C=O) groups is 2. The van der Waals surface area contributed by atoms with E-state index >= 15 is 0 Å². The Hall–Kier alpha value is -3.21. The third kappa shape index (κ3) is 3.97. The summed E-state index contributed by atoms with van der Waals surface area (Å²) in [5.41, 5.74) is 6.15. The van der Waals surface area contributed by atoms with Gasteiger partial charge in [0.1, 0.15) is 5.52 Å². The summed E-state index contributed by atoms with van der Waals surface area (Å²) in [5, 5.41) is 0. The van der Waals surface area contributed by atoms with E-state index in [1.807, 2.05) is 52.0 Å². The highest BCUT2D eigenvalue weighted by atomic mass is 16.5. The van der Waals surface area contributed by atoms with Gasteiger partial charge < -0.3 is 9.15 Å². The number of esters is 1. The molecule has 0 saturated heterocycles. The van der Waals surface area contributed by atoms with Crippen molar-refractivity contribution < 1.29 is 18.7 Å². The van der Waals surface area contributed by atoms with Crippen molar-refractivity contribution in [1.29, 1.82) is 0 Å². The first-order valence-electron chi connectivity index (χ1n) is 8.68. The van der Waals surface area contributed by atoms with E-state index in [-0.39, 0.29) is 12.4 Å². The lowest BCUT2D eigenvalue weighted by atomic mass is 9.93. The first-order chi connectivity index (χ1) is 12.9. The first kappa shape index (κ1) is 18.6. The zero-order valence-corrected chi connectivity index (χ0v) is 15.8. The van der Waals surface area contributed by atoms with Crippen LogP contribution in [0.15, 0.2) is 40.8 Å². The maximum absolute atomic E-state index is 12.4. The number of ether oxygens (including phenoxy) is 1. The number of carbonyl (C=O) groups excluding carboxylic acids is 2. The van der Waals surface area contributed by atoms with Crippen LogP contribution in [0.1, 0.15) is 38.5 Å². The van der Waals surface area contributed by atoms with Crippen molar-refractivity contribution in [2.24, 2.45) is 0 Å². The van der Waals surface area contributed by atoms with E-state index in [1.165, 1.54) is 17.7 Å². The Morgan fingerprint density at radius 1 is 1.07 bits per heavy atom. The van der Waals surface area contributed by atoms with Gasteiger partial charge >= 0.3 is 5.97 Å². The summed E-state index contributed by atoms with van der Waals surface area (Å²) in [5.74, 6) is -0.536. The fraction of sp³-hybridized carbons (Fsp3) is 0.227. The molecular formula is C22H21NO4. The number of aromatic nitrogens is 1. The molecule has 0 N–H and O–H groups in total. The zero-order chi connectivity index (χ0) is 19.6. The Morgan fingerprint density at radius 2 is 1.81 bits per heavy atom. The molecule has 0 fully saturated rings. The Balaban J connectivity index is 1.64. The van der Waals surface area contributed by atoms with Gasteiger partial charge in [-0.3, -0.25) is 4.79 Å². The molecule has 0 unspecified atom stereocenters. The Morgan fingerprint density at radius 3 is 2.56 bits per heavy atom. The van der Waals surface area contributed by atoms with Crippen LogP contribution in [0, 0.1) is 27.7 Å². The summed E-state index contributed by atoms with van der Waals surface area (Å²) >= 11 is 0. The molecule has 1 aromatic heterocycles. The van der Waals surface area contributed by atoms with E-state index in [0.29, 0.717) is 22.6 Å². The van der Waals surface area contributed by atoms with E-state index < -0.39 is 5.97 Å². The molecule has 5 nitrogen and oxygen atoms in total. The second-order valence-corrected chi connectivity index (χ2v) is 6.50. The van der Waals surface area contributed by atoms with Crippen molar-refractivity contribution in [3.8, 4) is 0 Å². The fourth-order valence-corrected chi connectivity index (χ4v) is 2.86. The van der Waals surface area contributed by atoms with Crippen molar-refractivity contribution >= 4 is 28.9 Å². The van der Waals surface area contributed by atoms with Crippen LogP contribution in [0.5, 0.6) is 0 Å². The molecule has 0 aliphatic heterocycles. The number of aryl methyl sites for hydroxylation is 1. The van der Waals surface area contributed by atoms with Crippen LogP contribution in [0.4, 0.5) is 0 Å². The summed E-state index contributed by atoms with van der Waals surface area (Å²) in [4.78, 5) is 28.6. The maximum Gasteiger partial charge on any atom is 0.331 e. The summed E-state index contributed by atoms with van der Waals surface area (Å²) in [6.45, 7) is 7.59. The summed E-state index contributed by atoms with van der Waals surface area (Å²) in [6, 6.07) is 9.17. The number of hydrogen-bond acceptors (Lipinski definition) is 5. The first-order valence-corrected chi connectivity index (χ1v) is 8.68. The molecule has 27 heavy (non-hydrogen) atoms. The number of oxazole rings is 1. The van der Waals surface area contributed by atoms with Gasteiger partial charge in [0, 0.05) is 17.7 Å². The van der Waals surface area contributed by atoms with Crippen molar-refractivity contribution in [2.45, 2.75) is 27.7 Å². The van der Waals surface area contributed by atoms with Gasteiger partial charge in [0.15, 0.2) is 12.2 Å². The summed E-state index contributed by atoms with van der Waals surface area (Å²) < 4.78 is 10.6. The van der Waals surface area contributed by atoms with Crippen molar-refractivity contribution in [3.63, 3.8) is 0 Å². The van der Waals surface area contributed by atoms with E-state index in [9.17, 15) is 9.59 Å². The number of para-hydroxylation sites is 2. The quantitative estimate of drug-likeness (QED) is 0.379. The van der Waals surface area contributed by atoms with E-state index in [4.69, 9.17) is 9.15 Å². The highest BCUT2D eigenvalue weighted by Gasteiger charge is 2.15. The molecule has 0 aliphatic carbocycles. The molecular weight excluding hydrogens is 342 g/mol. The van der Waals surface area contributed by atoms with E-state index in [2.05, 4.69) is 4.98 Å². The Kier molecular flexibility index (Phi) is 5.21. The molecule has 5 heteroatoms. The van der Waals surface area contributed by atoms with Crippen LogP contribution in [-0.2, 0) is 9.53 Å². The van der Waals surface area contributed by atoms with Gasteiger partial charge in [-0.1, -0.05) is 12.1 Å². The molecule has 0 spiro atoms. The third-order valence-electron chi connectivity index (χ3n) is 4.80. The smallest absolute Gasteiger partial charge is 0.331 e. The van der Waals surface area contributed by atoms with Crippen LogP contribution in [0.2, 0.25) is 0 Å². The molecule has 0 saturated carbocycles. The van der Waals surface area contributed by atoms with E-state index in [0.717, 1.165) is 16.7 Å². The second kappa shape index (κ2) is 7.58. The summed E-state index contributed by atoms with van der Waals surface area (Å²) in [6.07, 6.45) is 2.63. The molecule has 1 heterocycles. The lowest BCUT2D eigenvalue weighted by molar-refractivity contribution is -0.136. The molecule has 3 rings (SSSR count). The summed E-state index contributed by atoms with van der Waals surface area (Å²) in [7, 11) is 0. The molecule has 2 aromatic carbocycles. The minimum Gasteiger partial charge on any atom is -0.454 e. The second-order valence-electron chi connectivity index (χ2n) is 6.50. The predicted octanol–water partition coefficient (Wildman–Crippen LogP) is 4.50. The monoisotopic (exact) mass is 363 g/mol. The van der Waals surface area contributed by atoms with Crippen LogP contribution >= 0.6 is 0 Å². The molecule has 0 bridgehead atoms. The van der Waals surface area contributed by atoms with Crippen molar-refractivity contribution in [1.82, 2.24) is 4.98 Å². The minimum absolute atomic E-state index is 0.220. The number of Topliss-reactive ketones (excluding diaryl/α,β-unsaturated/α-hetero) is 1. The normalized spacial score (nSPS) is 11.3. The number of rotatable bonds is 5. The van der Waals surface area contributed by atoms with Crippen molar-refractivity contribution in [2.75, 3.05) is 6.61 Å². The van der Waals surface area contributed by atoms with Crippen LogP contribution in [0.25, 0.3) is 17.2 Å². The number of fused-ring (bicyclic) bond motifs is 1. The van der Waals surface area contributed by atoms with Gasteiger partial charge in [-0.15, -0.1) is 0 Å². The number of nitrogens with zero attached hydrogens (tertiary/aromatic N) is 1. The average molecular weight is 363 g/mol. The number of benzene rings is 2. The van der Waals surface area contributed by atoms with Crippen LogP contribution in [0.3, 0.4) is 0 Å². The van der Waals surface area contributed by atoms with Crippen LogP contribution < -0.4 is 0 Å². The highest BCUT2D eigenvalue weighted by Crippen LogP contribution is 2.21. The van der Waals surface area contributed by atoms with Gasteiger partial charge in [0.2, 0.25) is 11.7 Å². The van der Waals surface area contributed by atoms with Crippen molar-refractivity contribution in [3.05, 3.63) is 70.1 Å². The largest absolute Gasteiger partial charge is 0.454 e. The molecule has 138 valence electrons. The van der Waals surface area contributed by atoms with Gasteiger partial charge in [0.05, 0.1) is 0 Å². The lowest BCUT2D eigenvalue weighted by Crippen LogP contribution is -2.15. The average Bonchev–Trinajstić information content (AvgIpc) is 3.08. The standard InChI is InChI=1S/C22H21NO4/c1-13-11-17(16(4)15(3)14(13)2)19(24)12-26-22(25)10-9-21-23-18-7-5-6-8-20(18)27-21/h5-11H,12H2,1-4H3/b10-9+. The molecule has 0 atom stereocenters. The number of hydrogen-bond donors (Lipinski definition) is 0. The minimum atomic E-state index is -0.621. The van der Waals surface area contributed by atoms with Gasteiger partial charge in [-0.2, -0.15) is 0 Å². The molecule has 0 radical (unpaired) electrons. The zero-order valence-electron chi connectivity index (χ0n) is 15.8. The van der Waals surface area contributed by atoms with Gasteiger partial charge in [-0.05, 0) is 68.1 Å². The highest BCUT2D eigenvalue weighted by molar-refractivity contribution is 6.00. The lowest BCUT2D eigenvalue weighted by Gasteiger charge is -2.13. The maximum atomic E-state index is 12.4. The predicted molar refractivity (Wildman–Crippen MR) is 104 cm³/mol. The SMILES string of the molecule is Cc1cc(C(=O)COC(=O)/C=C/c2nc3ccccc3o2)c(C)c(C)c1C. The van der Waals surface area contributed by atoms with Gasteiger partial charge in [-0.25, -0.2) is 9.78 Å². The number of ketones is 1. The molecule has 0 amide bonds. The van der Waals surface area contributed by atoms with Crippen LogP contribution in [-0.4, -0.2) is 23.3 Å². The third-order valence-corrected chi connectivity index (χ3v) is 4.80. The van der Waals surface area contributed by atoms with Gasteiger partial charge in [0.25, 0.3) is 0 Å². The topological polar surface area (TPSA) is 69.4 Å². The molecule has 3 aromatic rings. The Labute approximate surface area is 157 Å². The fourth-order valence-electron chi connectivity index (χ4n) is 2.86.